The van der Waals surface area contributed by atoms with E-state index in [9.17, 15) is 4.79 Å². The van der Waals surface area contributed by atoms with E-state index in [4.69, 9.17) is 11.6 Å². The van der Waals surface area contributed by atoms with Crippen molar-refractivity contribution in [1.29, 1.82) is 0 Å². The lowest BCUT2D eigenvalue weighted by atomic mass is 10.3. The van der Waals surface area contributed by atoms with Crippen LogP contribution in [0.3, 0.4) is 0 Å². The summed E-state index contributed by atoms with van der Waals surface area (Å²) in [7, 11) is 0. The summed E-state index contributed by atoms with van der Waals surface area (Å²) in [4.78, 5) is 16.5. The molecule has 0 saturated heterocycles. The second-order valence-electron chi connectivity index (χ2n) is 4.66. The van der Waals surface area contributed by atoms with E-state index in [0.29, 0.717) is 12.4 Å². The van der Waals surface area contributed by atoms with Crippen LogP contribution >= 0.6 is 27.5 Å². The fourth-order valence-corrected chi connectivity index (χ4v) is 2.57. The first-order valence-corrected chi connectivity index (χ1v) is 7.82. The summed E-state index contributed by atoms with van der Waals surface area (Å²) in [6.45, 7) is 4.81. The Kier molecular flexibility index (Phi) is 5.05. The summed E-state index contributed by atoms with van der Waals surface area (Å²) < 4.78 is 2.84. The number of nitrogens with one attached hydrogen (secondary N) is 1. The quantitative estimate of drug-likeness (QED) is 0.830. The van der Waals surface area contributed by atoms with Crippen LogP contribution in [0.1, 0.15) is 31.5 Å². The third-order valence-electron chi connectivity index (χ3n) is 2.97. The van der Waals surface area contributed by atoms with Crippen LogP contribution in [-0.4, -0.2) is 22.0 Å². The Bertz CT molecular complexity index is 624. The van der Waals surface area contributed by atoms with Crippen molar-refractivity contribution in [1.82, 2.24) is 14.9 Å². The van der Waals surface area contributed by atoms with Crippen molar-refractivity contribution in [3.8, 4) is 0 Å². The maximum Gasteiger partial charge on any atom is 0.240 e. The fraction of sp³-hybridized carbons (Fsp3) is 0.429. The zero-order chi connectivity index (χ0) is 14.7. The lowest BCUT2D eigenvalue weighted by Gasteiger charge is -2.10. The van der Waals surface area contributed by atoms with Crippen molar-refractivity contribution in [3.63, 3.8) is 0 Å². The van der Waals surface area contributed by atoms with Crippen molar-refractivity contribution in [2.24, 2.45) is 0 Å². The summed E-state index contributed by atoms with van der Waals surface area (Å²) in [5, 5.41) is 2.62. The first-order chi connectivity index (χ1) is 9.52. The maximum absolute atomic E-state index is 11.9. The molecule has 0 saturated carbocycles. The van der Waals surface area contributed by atoms with E-state index in [-0.39, 0.29) is 17.8 Å². The first kappa shape index (κ1) is 15.3. The highest BCUT2D eigenvalue weighted by atomic mass is 79.9. The lowest BCUT2D eigenvalue weighted by Crippen LogP contribution is -2.28. The molecule has 108 valence electrons. The molecule has 1 heterocycles. The van der Waals surface area contributed by atoms with Crippen molar-refractivity contribution in [2.75, 3.05) is 6.54 Å². The number of carbonyl (C=O) groups excluding carboxylic acids is 1. The Morgan fingerprint density at radius 2 is 2.30 bits per heavy atom. The van der Waals surface area contributed by atoms with E-state index >= 15 is 0 Å². The van der Waals surface area contributed by atoms with Gasteiger partial charge in [-0.15, -0.1) is 11.6 Å². The van der Waals surface area contributed by atoms with Gasteiger partial charge < -0.3 is 9.88 Å². The zero-order valence-electron chi connectivity index (χ0n) is 11.5. The Balaban J connectivity index is 2.38. The molecule has 0 spiro atoms. The minimum absolute atomic E-state index is 0.0207. The molecular formula is C14H17BrClN3O. The molecule has 0 bridgehead atoms. The topological polar surface area (TPSA) is 46.9 Å². The third kappa shape index (κ3) is 3.33. The number of hydrogen-bond donors (Lipinski definition) is 1. The molecule has 6 heteroatoms. The predicted molar refractivity (Wildman–Crippen MR) is 85.0 cm³/mol. The van der Waals surface area contributed by atoms with Gasteiger partial charge in [0.05, 0.1) is 16.4 Å². The van der Waals surface area contributed by atoms with Gasteiger partial charge in [0.25, 0.3) is 0 Å². The number of halogens is 2. The minimum Gasteiger partial charge on any atom is -0.355 e. The van der Waals surface area contributed by atoms with Gasteiger partial charge in [0.1, 0.15) is 12.4 Å². The molecule has 1 amide bonds. The Hall–Kier alpha value is -1.07. The number of nitrogens with zero attached hydrogens (tertiary/aromatic N) is 2. The first-order valence-electron chi connectivity index (χ1n) is 6.59. The molecule has 20 heavy (non-hydrogen) atoms. The number of benzene rings is 1. The molecule has 1 aromatic carbocycles. The van der Waals surface area contributed by atoms with E-state index in [2.05, 4.69) is 26.2 Å². The van der Waals surface area contributed by atoms with Crippen molar-refractivity contribution < 1.29 is 4.79 Å². The molecule has 1 atom stereocenters. The van der Waals surface area contributed by atoms with Crippen LogP contribution in [0.4, 0.5) is 0 Å². The summed E-state index contributed by atoms with van der Waals surface area (Å²) in [5.41, 5.74) is 1.76. The normalized spacial score (nSPS) is 12.6. The summed E-state index contributed by atoms with van der Waals surface area (Å²) in [6.07, 6.45) is 0.919. The van der Waals surface area contributed by atoms with E-state index < -0.39 is 0 Å². The lowest BCUT2D eigenvalue weighted by molar-refractivity contribution is -0.121. The Labute approximate surface area is 131 Å². The number of alkyl halides is 1. The SMILES string of the molecule is CCCNC(=O)Cn1c(C(C)Cl)nc2cc(Br)ccc21. The highest BCUT2D eigenvalue weighted by Crippen LogP contribution is 2.26. The predicted octanol–water partition coefficient (Wildman–Crippen LogP) is 3.62. The molecule has 1 unspecified atom stereocenters. The van der Waals surface area contributed by atoms with Crippen LogP contribution < -0.4 is 5.32 Å². The Morgan fingerprint density at radius 3 is 2.95 bits per heavy atom. The summed E-state index contributed by atoms with van der Waals surface area (Å²) in [6, 6.07) is 5.81. The van der Waals surface area contributed by atoms with Gasteiger partial charge in [0.2, 0.25) is 5.91 Å². The number of fused-ring (bicyclic) bond motifs is 1. The van der Waals surface area contributed by atoms with E-state index in [1.165, 1.54) is 0 Å². The summed E-state index contributed by atoms with van der Waals surface area (Å²) in [5.74, 6) is 0.694. The molecule has 0 fully saturated rings. The van der Waals surface area contributed by atoms with Gasteiger partial charge in [-0.1, -0.05) is 22.9 Å². The van der Waals surface area contributed by atoms with Crippen LogP contribution in [0.5, 0.6) is 0 Å². The second-order valence-corrected chi connectivity index (χ2v) is 6.23. The molecule has 1 aromatic heterocycles. The molecule has 4 nitrogen and oxygen atoms in total. The number of amides is 1. The van der Waals surface area contributed by atoms with Crippen LogP contribution in [-0.2, 0) is 11.3 Å². The number of carbonyl (C=O) groups is 1. The van der Waals surface area contributed by atoms with Gasteiger partial charge >= 0.3 is 0 Å². The molecule has 0 aliphatic heterocycles. The molecule has 0 aliphatic carbocycles. The average Bonchev–Trinajstić information content (AvgIpc) is 2.74. The van der Waals surface area contributed by atoms with Crippen LogP contribution in [0.2, 0.25) is 0 Å². The fourth-order valence-electron chi connectivity index (χ4n) is 2.06. The van der Waals surface area contributed by atoms with Crippen LogP contribution in [0.25, 0.3) is 11.0 Å². The Morgan fingerprint density at radius 1 is 1.55 bits per heavy atom. The largest absolute Gasteiger partial charge is 0.355 e. The average molecular weight is 359 g/mol. The van der Waals surface area contributed by atoms with Crippen LogP contribution in [0.15, 0.2) is 22.7 Å². The molecule has 1 N–H and O–H groups in total. The number of aromatic nitrogens is 2. The van der Waals surface area contributed by atoms with Gasteiger partial charge in [-0.25, -0.2) is 4.98 Å². The zero-order valence-corrected chi connectivity index (χ0v) is 13.8. The van der Waals surface area contributed by atoms with Gasteiger partial charge in [-0.05, 0) is 31.5 Å². The number of rotatable bonds is 5. The van der Waals surface area contributed by atoms with Gasteiger partial charge in [0, 0.05) is 11.0 Å². The third-order valence-corrected chi connectivity index (χ3v) is 3.66. The van der Waals surface area contributed by atoms with E-state index in [1.54, 1.807) is 0 Å². The van der Waals surface area contributed by atoms with Gasteiger partial charge in [-0.2, -0.15) is 0 Å². The molecule has 0 aliphatic rings. The number of imidazole rings is 1. The van der Waals surface area contributed by atoms with Gasteiger partial charge in [-0.3, -0.25) is 4.79 Å². The van der Waals surface area contributed by atoms with E-state index in [1.807, 2.05) is 36.6 Å². The van der Waals surface area contributed by atoms with E-state index in [0.717, 1.165) is 21.9 Å². The summed E-state index contributed by atoms with van der Waals surface area (Å²) >= 11 is 9.61. The molecular weight excluding hydrogens is 342 g/mol. The minimum atomic E-state index is -0.250. The highest BCUT2D eigenvalue weighted by Gasteiger charge is 2.17. The van der Waals surface area contributed by atoms with Gasteiger partial charge in [0.15, 0.2) is 0 Å². The number of hydrogen-bond acceptors (Lipinski definition) is 2. The maximum atomic E-state index is 11.9. The van der Waals surface area contributed by atoms with Crippen molar-refractivity contribution in [3.05, 3.63) is 28.5 Å². The van der Waals surface area contributed by atoms with Crippen LogP contribution in [0, 0.1) is 0 Å². The molecule has 0 radical (unpaired) electrons. The smallest absolute Gasteiger partial charge is 0.240 e. The monoisotopic (exact) mass is 357 g/mol. The van der Waals surface area contributed by atoms with Crippen molar-refractivity contribution in [2.45, 2.75) is 32.2 Å². The highest BCUT2D eigenvalue weighted by molar-refractivity contribution is 9.10. The second kappa shape index (κ2) is 6.59. The molecule has 2 aromatic rings. The standard InChI is InChI=1S/C14H17BrClN3O/c1-3-6-17-13(20)8-19-12-5-4-10(15)7-11(12)18-14(19)9(2)16/h4-5,7,9H,3,6,8H2,1-2H3,(H,17,20). The molecule has 2 rings (SSSR count). The van der Waals surface area contributed by atoms with Crippen molar-refractivity contribution >= 4 is 44.5 Å².